The van der Waals surface area contributed by atoms with E-state index in [0.29, 0.717) is 0 Å². The van der Waals surface area contributed by atoms with Crippen LogP contribution in [0, 0.1) is 0 Å². The van der Waals surface area contributed by atoms with Gasteiger partial charge in [0.05, 0.1) is 0 Å². The summed E-state index contributed by atoms with van der Waals surface area (Å²) in [5.41, 5.74) is 0. The quantitative estimate of drug-likeness (QED) is 0.665. The van der Waals surface area contributed by atoms with Gasteiger partial charge in [-0.25, -0.2) is 0 Å². The molecule has 0 saturated carbocycles. The molecule has 0 bridgehead atoms. The molecule has 0 spiro atoms. The molecule has 13 heavy (non-hydrogen) atoms. The van der Waals surface area contributed by atoms with E-state index in [4.69, 9.17) is 0 Å². The Morgan fingerprint density at radius 1 is 1.38 bits per heavy atom. The third-order valence-electron chi connectivity index (χ3n) is 2.68. The predicted octanol–water partition coefficient (Wildman–Crippen LogP) is 1.64. The number of nitrogens with zero attached hydrogens (tertiary/aromatic N) is 1. The fourth-order valence-corrected chi connectivity index (χ4v) is 1.86. The van der Waals surface area contributed by atoms with Crippen molar-refractivity contribution in [3.8, 4) is 0 Å². The van der Waals surface area contributed by atoms with Gasteiger partial charge in [0.2, 0.25) is 0 Å². The van der Waals surface area contributed by atoms with E-state index >= 15 is 0 Å². The summed E-state index contributed by atoms with van der Waals surface area (Å²) in [5, 5.41) is 3.52. The van der Waals surface area contributed by atoms with Gasteiger partial charge in [-0.2, -0.15) is 0 Å². The molecule has 1 saturated heterocycles. The maximum absolute atomic E-state index is 3.52. The first-order chi connectivity index (χ1) is 6.36. The molecule has 0 radical (unpaired) electrons. The van der Waals surface area contributed by atoms with E-state index in [-0.39, 0.29) is 0 Å². The monoisotopic (exact) mass is 182 g/mol. The van der Waals surface area contributed by atoms with Crippen LogP contribution in [0.3, 0.4) is 0 Å². The first-order valence-electron chi connectivity index (χ1n) is 5.43. The highest BCUT2D eigenvalue weighted by Gasteiger charge is 2.16. The zero-order valence-electron chi connectivity index (χ0n) is 8.92. The summed E-state index contributed by atoms with van der Waals surface area (Å²) >= 11 is 0. The second kappa shape index (κ2) is 6.17. The van der Waals surface area contributed by atoms with Gasteiger partial charge >= 0.3 is 0 Å². The lowest BCUT2D eigenvalue weighted by Crippen LogP contribution is -2.42. The minimum atomic E-state index is 0.770. The van der Waals surface area contributed by atoms with Gasteiger partial charge in [-0.3, -0.25) is 4.90 Å². The van der Waals surface area contributed by atoms with Gasteiger partial charge in [-0.05, 0) is 39.4 Å². The molecule has 0 unspecified atom stereocenters. The van der Waals surface area contributed by atoms with E-state index in [2.05, 4.69) is 36.2 Å². The van der Waals surface area contributed by atoms with E-state index in [1.54, 1.807) is 0 Å². The maximum atomic E-state index is 3.52. The van der Waals surface area contributed by atoms with Gasteiger partial charge in [0.1, 0.15) is 0 Å². The van der Waals surface area contributed by atoms with Gasteiger partial charge in [0.25, 0.3) is 0 Å². The molecular weight excluding hydrogens is 160 g/mol. The second-order valence-electron chi connectivity index (χ2n) is 3.70. The third kappa shape index (κ3) is 3.92. The summed E-state index contributed by atoms with van der Waals surface area (Å²) in [5.74, 6) is 0. The molecule has 1 rings (SSSR count). The Labute approximate surface area is 82.0 Å². The van der Waals surface area contributed by atoms with E-state index in [1.807, 2.05) is 0 Å². The van der Waals surface area contributed by atoms with Crippen molar-refractivity contribution < 1.29 is 0 Å². The maximum Gasteiger partial charge on any atom is 0.0163 e. The molecule has 0 aromatic heterocycles. The lowest BCUT2D eigenvalue weighted by atomic mass is 10.1. The van der Waals surface area contributed by atoms with Crippen LogP contribution in [0.2, 0.25) is 0 Å². The van der Waals surface area contributed by atoms with Gasteiger partial charge < -0.3 is 5.32 Å². The third-order valence-corrected chi connectivity index (χ3v) is 2.68. The SMILES string of the molecule is C/C=C/CN1CCC(NCC)CC1. The molecule has 1 aliphatic rings. The summed E-state index contributed by atoms with van der Waals surface area (Å²) in [6.07, 6.45) is 7.00. The number of piperidine rings is 1. The fraction of sp³-hybridized carbons (Fsp3) is 0.818. The van der Waals surface area contributed by atoms with Gasteiger partial charge in [-0.15, -0.1) is 0 Å². The van der Waals surface area contributed by atoms with Crippen LogP contribution < -0.4 is 5.32 Å². The minimum Gasteiger partial charge on any atom is -0.314 e. The van der Waals surface area contributed by atoms with Crippen LogP contribution in [0.15, 0.2) is 12.2 Å². The van der Waals surface area contributed by atoms with Gasteiger partial charge in [0, 0.05) is 12.6 Å². The number of allylic oxidation sites excluding steroid dienone is 1. The Bertz CT molecular complexity index is 146. The van der Waals surface area contributed by atoms with Crippen LogP contribution in [-0.4, -0.2) is 37.1 Å². The van der Waals surface area contributed by atoms with Crippen LogP contribution in [0.25, 0.3) is 0 Å². The highest BCUT2D eigenvalue weighted by molar-refractivity contribution is 4.84. The average molecular weight is 182 g/mol. The average Bonchev–Trinajstić information content (AvgIpc) is 2.17. The van der Waals surface area contributed by atoms with Gasteiger partial charge in [-0.1, -0.05) is 19.1 Å². The molecule has 0 amide bonds. The lowest BCUT2D eigenvalue weighted by Gasteiger charge is -2.31. The minimum absolute atomic E-state index is 0.770. The lowest BCUT2D eigenvalue weighted by molar-refractivity contribution is 0.216. The van der Waals surface area contributed by atoms with Crippen molar-refractivity contribution in [2.45, 2.75) is 32.7 Å². The Kier molecular flexibility index (Phi) is 5.09. The van der Waals surface area contributed by atoms with Gasteiger partial charge in [0.15, 0.2) is 0 Å². The molecule has 2 heteroatoms. The molecule has 0 aliphatic carbocycles. The van der Waals surface area contributed by atoms with E-state index in [1.165, 1.54) is 25.9 Å². The Balaban J connectivity index is 2.14. The van der Waals surface area contributed by atoms with Crippen molar-refractivity contribution in [3.63, 3.8) is 0 Å². The zero-order chi connectivity index (χ0) is 9.52. The molecule has 1 aliphatic heterocycles. The van der Waals surface area contributed by atoms with Crippen molar-refractivity contribution in [1.29, 1.82) is 0 Å². The summed E-state index contributed by atoms with van der Waals surface area (Å²) in [6, 6.07) is 0.770. The molecule has 0 aromatic carbocycles. The number of hydrogen-bond acceptors (Lipinski definition) is 2. The van der Waals surface area contributed by atoms with Crippen LogP contribution >= 0.6 is 0 Å². The molecule has 2 nitrogen and oxygen atoms in total. The number of nitrogens with one attached hydrogen (secondary N) is 1. The second-order valence-corrected chi connectivity index (χ2v) is 3.70. The normalized spacial score (nSPS) is 21.4. The first-order valence-corrected chi connectivity index (χ1v) is 5.43. The smallest absolute Gasteiger partial charge is 0.0163 e. The topological polar surface area (TPSA) is 15.3 Å². The van der Waals surface area contributed by atoms with E-state index < -0.39 is 0 Å². The highest BCUT2D eigenvalue weighted by Crippen LogP contribution is 2.09. The van der Waals surface area contributed by atoms with Crippen molar-refractivity contribution in [2.24, 2.45) is 0 Å². The summed E-state index contributed by atoms with van der Waals surface area (Å²) in [4.78, 5) is 2.52. The zero-order valence-corrected chi connectivity index (χ0v) is 8.92. The van der Waals surface area contributed by atoms with Crippen LogP contribution in [0.1, 0.15) is 26.7 Å². The van der Waals surface area contributed by atoms with E-state index in [9.17, 15) is 0 Å². The van der Waals surface area contributed by atoms with Crippen molar-refractivity contribution in [1.82, 2.24) is 10.2 Å². The Morgan fingerprint density at radius 3 is 2.62 bits per heavy atom. The largest absolute Gasteiger partial charge is 0.314 e. The molecule has 0 atom stereocenters. The van der Waals surface area contributed by atoms with Crippen LogP contribution in [0.5, 0.6) is 0 Å². The molecule has 1 N–H and O–H groups in total. The molecule has 0 aromatic rings. The number of hydrogen-bond donors (Lipinski definition) is 1. The number of likely N-dealkylation sites (tertiary alicyclic amines) is 1. The fourth-order valence-electron chi connectivity index (χ4n) is 1.86. The predicted molar refractivity (Wildman–Crippen MR) is 58.0 cm³/mol. The number of rotatable bonds is 4. The highest BCUT2D eigenvalue weighted by atomic mass is 15.1. The molecule has 1 fully saturated rings. The first kappa shape index (κ1) is 10.7. The standard InChI is InChI=1S/C11H22N2/c1-3-5-8-13-9-6-11(7-10-13)12-4-2/h3,5,11-12H,4,6-10H2,1-2H3/b5-3+. The Morgan fingerprint density at radius 2 is 2.08 bits per heavy atom. The molecule has 1 heterocycles. The van der Waals surface area contributed by atoms with Crippen LogP contribution in [-0.2, 0) is 0 Å². The molecule has 76 valence electrons. The summed E-state index contributed by atoms with van der Waals surface area (Å²) < 4.78 is 0. The molecular formula is C11H22N2. The van der Waals surface area contributed by atoms with Crippen molar-refractivity contribution >= 4 is 0 Å². The van der Waals surface area contributed by atoms with Crippen LogP contribution in [0.4, 0.5) is 0 Å². The van der Waals surface area contributed by atoms with Crippen molar-refractivity contribution in [2.75, 3.05) is 26.2 Å². The van der Waals surface area contributed by atoms with E-state index in [0.717, 1.165) is 19.1 Å². The summed E-state index contributed by atoms with van der Waals surface area (Å²) in [7, 11) is 0. The summed E-state index contributed by atoms with van der Waals surface area (Å²) in [6.45, 7) is 9.02. The Hall–Kier alpha value is -0.340. The van der Waals surface area contributed by atoms with Crippen molar-refractivity contribution in [3.05, 3.63) is 12.2 Å².